The molecule has 0 saturated heterocycles. The molecule has 0 bridgehead atoms. The molecule has 2 heteroatoms. The monoisotopic (exact) mass is 349 g/mol. The van der Waals surface area contributed by atoms with Gasteiger partial charge in [-0.25, -0.2) is 0 Å². The van der Waals surface area contributed by atoms with Gasteiger partial charge in [-0.15, -0.1) is 0 Å². The summed E-state index contributed by atoms with van der Waals surface area (Å²) in [5, 5.41) is 0. The normalized spacial score (nSPS) is 18.0. The Labute approximate surface area is 158 Å². The molecule has 3 rings (SSSR count). The van der Waals surface area contributed by atoms with Crippen molar-refractivity contribution in [2.75, 3.05) is 11.9 Å². The van der Waals surface area contributed by atoms with E-state index in [0.717, 1.165) is 5.69 Å². The summed E-state index contributed by atoms with van der Waals surface area (Å²) in [5.41, 5.74) is 6.25. The number of benzene rings is 2. The van der Waals surface area contributed by atoms with Crippen molar-refractivity contribution in [3.05, 3.63) is 64.7 Å². The zero-order valence-corrected chi connectivity index (χ0v) is 17.2. The van der Waals surface area contributed by atoms with Gasteiger partial charge in [0, 0.05) is 19.4 Å². The molecule has 26 heavy (non-hydrogen) atoms. The molecule has 1 unspecified atom stereocenters. The van der Waals surface area contributed by atoms with Gasteiger partial charge in [-0.3, -0.25) is 4.79 Å². The zero-order chi connectivity index (χ0) is 19.3. The number of hydrogen-bond acceptors (Lipinski definition) is 1. The third kappa shape index (κ3) is 3.30. The van der Waals surface area contributed by atoms with Gasteiger partial charge in [-0.2, -0.15) is 0 Å². The maximum atomic E-state index is 12.8. The molecule has 0 radical (unpaired) electrons. The van der Waals surface area contributed by atoms with Crippen molar-refractivity contribution in [3.8, 4) is 0 Å². The van der Waals surface area contributed by atoms with Crippen LogP contribution in [0.25, 0.3) is 0 Å². The average molecular weight is 350 g/mol. The van der Waals surface area contributed by atoms with Gasteiger partial charge in [0.05, 0.1) is 5.69 Å². The van der Waals surface area contributed by atoms with Crippen LogP contribution >= 0.6 is 0 Å². The molecule has 0 aliphatic carbocycles. The fourth-order valence-corrected chi connectivity index (χ4v) is 3.83. The van der Waals surface area contributed by atoms with Crippen LogP contribution in [0.4, 0.5) is 5.69 Å². The standard InChI is InChI=1S/C24H31NO/c1-23(2,3)17-13-19-18(16-11-9-8-10-12-16)15-21(26)25(7)22(19)20(14-17)24(4,5)6/h8-14,18H,15H2,1-7H3. The van der Waals surface area contributed by atoms with Crippen LogP contribution in [0.15, 0.2) is 42.5 Å². The lowest BCUT2D eigenvalue weighted by Crippen LogP contribution is -2.36. The quantitative estimate of drug-likeness (QED) is 0.639. The molecule has 2 aromatic rings. The Morgan fingerprint density at radius 2 is 1.54 bits per heavy atom. The molecule has 0 spiro atoms. The number of amides is 1. The molecular weight excluding hydrogens is 318 g/mol. The van der Waals surface area contributed by atoms with Crippen molar-refractivity contribution < 1.29 is 4.79 Å². The molecule has 1 amide bonds. The summed E-state index contributed by atoms with van der Waals surface area (Å²) in [7, 11) is 1.92. The summed E-state index contributed by atoms with van der Waals surface area (Å²) in [4.78, 5) is 14.7. The first kappa shape index (κ1) is 18.7. The Bertz CT molecular complexity index is 822. The lowest BCUT2D eigenvalue weighted by Gasteiger charge is -2.38. The Morgan fingerprint density at radius 1 is 0.923 bits per heavy atom. The summed E-state index contributed by atoms with van der Waals surface area (Å²) in [5.74, 6) is 0.318. The van der Waals surface area contributed by atoms with Crippen LogP contribution in [0.5, 0.6) is 0 Å². The Balaban J connectivity index is 2.34. The van der Waals surface area contributed by atoms with Crippen molar-refractivity contribution in [2.45, 2.75) is 64.7 Å². The lowest BCUT2D eigenvalue weighted by molar-refractivity contribution is -0.118. The number of nitrogens with zero attached hydrogens (tertiary/aromatic N) is 1. The second-order valence-electron chi connectivity index (χ2n) is 9.58. The van der Waals surface area contributed by atoms with E-state index in [-0.39, 0.29) is 22.7 Å². The van der Waals surface area contributed by atoms with Crippen LogP contribution in [0.2, 0.25) is 0 Å². The second kappa shape index (κ2) is 6.26. The molecule has 0 aromatic heterocycles. The molecular formula is C24H31NO. The molecule has 1 aliphatic heterocycles. The van der Waals surface area contributed by atoms with E-state index in [1.54, 1.807) is 0 Å². The molecule has 2 nitrogen and oxygen atoms in total. The molecule has 1 heterocycles. The highest BCUT2D eigenvalue weighted by atomic mass is 16.2. The number of hydrogen-bond donors (Lipinski definition) is 0. The third-order valence-electron chi connectivity index (χ3n) is 5.48. The molecule has 0 saturated carbocycles. The molecule has 138 valence electrons. The minimum Gasteiger partial charge on any atom is -0.315 e. The van der Waals surface area contributed by atoms with E-state index >= 15 is 0 Å². The van der Waals surface area contributed by atoms with E-state index in [1.165, 1.54) is 22.3 Å². The van der Waals surface area contributed by atoms with E-state index in [4.69, 9.17) is 0 Å². The largest absolute Gasteiger partial charge is 0.315 e. The lowest BCUT2D eigenvalue weighted by atomic mass is 9.73. The Morgan fingerprint density at radius 3 is 2.08 bits per heavy atom. The van der Waals surface area contributed by atoms with Gasteiger partial charge in [0.25, 0.3) is 0 Å². The van der Waals surface area contributed by atoms with Crippen LogP contribution in [-0.4, -0.2) is 13.0 Å². The smallest absolute Gasteiger partial charge is 0.227 e. The van der Waals surface area contributed by atoms with E-state index in [0.29, 0.717) is 6.42 Å². The van der Waals surface area contributed by atoms with Gasteiger partial charge in [-0.05, 0) is 33.1 Å². The van der Waals surface area contributed by atoms with Crippen LogP contribution in [-0.2, 0) is 15.6 Å². The fourth-order valence-electron chi connectivity index (χ4n) is 3.83. The Kier molecular flexibility index (Phi) is 4.50. The van der Waals surface area contributed by atoms with Crippen molar-refractivity contribution in [2.24, 2.45) is 0 Å². The minimum absolute atomic E-state index is 0.0293. The Hall–Kier alpha value is -2.09. The highest BCUT2D eigenvalue weighted by Crippen LogP contribution is 2.46. The van der Waals surface area contributed by atoms with Gasteiger partial charge in [0.2, 0.25) is 5.91 Å². The predicted molar refractivity (Wildman–Crippen MR) is 110 cm³/mol. The van der Waals surface area contributed by atoms with Gasteiger partial charge in [0.1, 0.15) is 0 Å². The highest BCUT2D eigenvalue weighted by molar-refractivity contribution is 5.98. The van der Waals surface area contributed by atoms with Crippen molar-refractivity contribution in [1.82, 2.24) is 0 Å². The summed E-state index contributed by atoms with van der Waals surface area (Å²) < 4.78 is 0. The van der Waals surface area contributed by atoms with E-state index in [1.807, 2.05) is 18.0 Å². The second-order valence-corrected chi connectivity index (χ2v) is 9.58. The summed E-state index contributed by atoms with van der Waals surface area (Å²) in [6, 6.07) is 15.1. The number of carbonyl (C=O) groups is 1. The van der Waals surface area contributed by atoms with Crippen LogP contribution in [0.3, 0.4) is 0 Å². The summed E-state index contributed by atoms with van der Waals surface area (Å²) in [6.45, 7) is 13.5. The topological polar surface area (TPSA) is 20.3 Å². The van der Waals surface area contributed by atoms with Gasteiger partial charge >= 0.3 is 0 Å². The molecule has 1 aliphatic rings. The number of fused-ring (bicyclic) bond motifs is 1. The average Bonchev–Trinajstić information content (AvgIpc) is 2.56. The first-order chi connectivity index (χ1) is 12.0. The zero-order valence-electron chi connectivity index (χ0n) is 17.2. The van der Waals surface area contributed by atoms with Gasteiger partial charge < -0.3 is 4.90 Å². The first-order valence-corrected chi connectivity index (χ1v) is 9.50. The maximum Gasteiger partial charge on any atom is 0.227 e. The number of anilines is 1. The SMILES string of the molecule is CN1C(=O)CC(c2ccccc2)c2cc(C(C)(C)C)cc(C(C)(C)C)c21. The molecule has 0 fully saturated rings. The maximum absolute atomic E-state index is 12.8. The van der Waals surface area contributed by atoms with Crippen molar-refractivity contribution in [3.63, 3.8) is 0 Å². The number of carbonyl (C=O) groups excluding carboxylic acids is 1. The number of rotatable bonds is 1. The fraction of sp³-hybridized carbons (Fsp3) is 0.458. The van der Waals surface area contributed by atoms with Gasteiger partial charge in [-0.1, -0.05) is 84.0 Å². The molecule has 2 aromatic carbocycles. The third-order valence-corrected chi connectivity index (χ3v) is 5.48. The van der Waals surface area contributed by atoms with Crippen LogP contribution in [0, 0.1) is 0 Å². The van der Waals surface area contributed by atoms with E-state index in [2.05, 4.69) is 77.9 Å². The van der Waals surface area contributed by atoms with Crippen LogP contribution < -0.4 is 4.90 Å². The summed E-state index contributed by atoms with van der Waals surface area (Å²) >= 11 is 0. The van der Waals surface area contributed by atoms with E-state index in [9.17, 15) is 4.79 Å². The van der Waals surface area contributed by atoms with Gasteiger partial charge in [0.15, 0.2) is 0 Å². The molecule has 0 N–H and O–H groups in total. The van der Waals surface area contributed by atoms with Crippen molar-refractivity contribution >= 4 is 11.6 Å². The predicted octanol–water partition coefficient (Wildman–Crippen LogP) is 5.78. The first-order valence-electron chi connectivity index (χ1n) is 9.50. The van der Waals surface area contributed by atoms with Crippen LogP contribution in [0.1, 0.15) is 76.1 Å². The van der Waals surface area contributed by atoms with Crippen molar-refractivity contribution in [1.29, 1.82) is 0 Å². The molecule has 1 atom stereocenters. The minimum atomic E-state index is -0.0293. The highest BCUT2D eigenvalue weighted by Gasteiger charge is 2.36. The van der Waals surface area contributed by atoms with E-state index < -0.39 is 0 Å². The summed E-state index contributed by atoms with van der Waals surface area (Å²) in [6.07, 6.45) is 0.532.